The standard InChI is InChI=1S/C16H34O3S.C3H5NO.Na.H/c1-2-3-4-5-6-7-8-9-10-11-12-13-14-15-16-20(17,18)19;1-2-3(4)5;;/h2-16H2,1H3,(H,17,18,19);2H,1H2,(H2,4,5);;/q;;+1;-1. The first-order valence-corrected chi connectivity index (χ1v) is 11.3. The fraction of sp³-hybridized carbons (Fsp3) is 0.842. The van der Waals surface area contributed by atoms with Crippen molar-refractivity contribution in [2.45, 2.75) is 96.8 Å². The molecule has 0 spiro atoms. The van der Waals surface area contributed by atoms with Crippen molar-refractivity contribution in [2.75, 3.05) is 5.75 Å². The monoisotopic (exact) mass is 401 g/mol. The minimum absolute atomic E-state index is 0. The molecule has 0 fully saturated rings. The predicted molar refractivity (Wildman–Crippen MR) is 107 cm³/mol. The molecule has 0 aromatic heterocycles. The Kier molecular flexibility index (Phi) is 27.5. The number of primary amides is 1. The average molecular weight is 402 g/mol. The fourth-order valence-corrected chi connectivity index (χ4v) is 3.05. The summed E-state index contributed by atoms with van der Waals surface area (Å²) in [4.78, 5) is 9.47. The van der Waals surface area contributed by atoms with Crippen LogP contribution < -0.4 is 35.3 Å². The van der Waals surface area contributed by atoms with Crippen molar-refractivity contribution in [1.29, 1.82) is 0 Å². The number of unbranched alkanes of at least 4 members (excludes halogenated alkanes) is 13. The normalized spacial score (nSPS) is 10.4. The molecule has 26 heavy (non-hydrogen) atoms. The summed E-state index contributed by atoms with van der Waals surface area (Å²) < 4.78 is 29.6. The first-order valence-electron chi connectivity index (χ1n) is 9.70. The van der Waals surface area contributed by atoms with Crippen LogP contribution in [0.25, 0.3) is 0 Å². The summed E-state index contributed by atoms with van der Waals surface area (Å²) in [5.41, 5.74) is 4.53. The van der Waals surface area contributed by atoms with Crippen LogP contribution in [0.3, 0.4) is 0 Å². The molecule has 0 heterocycles. The van der Waals surface area contributed by atoms with Crippen LogP contribution in [0, 0.1) is 0 Å². The Hall–Kier alpha value is 0.120. The van der Waals surface area contributed by atoms with Crippen LogP contribution in [-0.2, 0) is 14.9 Å². The molecule has 0 aromatic rings. The van der Waals surface area contributed by atoms with Crippen molar-refractivity contribution < 1.29 is 48.7 Å². The van der Waals surface area contributed by atoms with Crippen LogP contribution in [0.4, 0.5) is 0 Å². The van der Waals surface area contributed by atoms with Crippen LogP contribution in [0.1, 0.15) is 98.2 Å². The molecule has 0 aliphatic heterocycles. The Bertz CT molecular complexity index is 420. The Labute approximate surface area is 185 Å². The minimum Gasteiger partial charge on any atom is -1.00 e. The first-order chi connectivity index (χ1) is 11.8. The molecule has 0 radical (unpaired) electrons. The van der Waals surface area contributed by atoms with Gasteiger partial charge in [-0.25, -0.2) is 0 Å². The van der Waals surface area contributed by atoms with Gasteiger partial charge in [0.25, 0.3) is 10.1 Å². The van der Waals surface area contributed by atoms with Gasteiger partial charge in [-0.05, 0) is 12.5 Å². The van der Waals surface area contributed by atoms with Crippen molar-refractivity contribution in [3.63, 3.8) is 0 Å². The van der Waals surface area contributed by atoms with E-state index in [1.807, 2.05) is 0 Å². The maximum absolute atomic E-state index is 10.5. The van der Waals surface area contributed by atoms with Gasteiger partial charge >= 0.3 is 29.6 Å². The van der Waals surface area contributed by atoms with Gasteiger partial charge in [-0.3, -0.25) is 9.35 Å². The van der Waals surface area contributed by atoms with E-state index in [4.69, 9.17) is 4.55 Å². The SMILES string of the molecule is C=CC(N)=O.CCCCCCCCCCCCCCCCS(=O)(=O)O.[H-].[Na+]. The molecule has 0 aliphatic rings. The predicted octanol–water partition coefficient (Wildman–Crippen LogP) is 2.13. The van der Waals surface area contributed by atoms with Gasteiger partial charge in [0.2, 0.25) is 5.91 Å². The van der Waals surface area contributed by atoms with Crippen LogP contribution >= 0.6 is 0 Å². The summed E-state index contributed by atoms with van der Waals surface area (Å²) in [7, 11) is -3.74. The summed E-state index contributed by atoms with van der Waals surface area (Å²) >= 11 is 0. The van der Waals surface area contributed by atoms with Gasteiger partial charge in [0.15, 0.2) is 0 Å². The molecule has 7 heteroatoms. The van der Waals surface area contributed by atoms with Crippen LogP contribution in [0.15, 0.2) is 12.7 Å². The molecule has 1 amide bonds. The molecule has 5 nitrogen and oxygen atoms in total. The van der Waals surface area contributed by atoms with E-state index < -0.39 is 16.0 Å². The molecule has 0 saturated heterocycles. The number of hydrogen-bond acceptors (Lipinski definition) is 3. The molecule has 0 rings (SSSR count). The summed E-state index contributed by atoms with van der Waals surface area (Å²) in [6.45, 7) is 5.34. The van der Waals surface area contributed by atoms with E-state index >= 15 is 0 Å². The van der Waals surface area contributed by atoms with Gasteiger partial charge in [-0.1, -0.05) is 97.0 Å². The van der Waals surface area contributed by atoms with Crippen LogP contribution in [-0.4, -0.2) is 24.6 Å². The number of nitrogens with two attached hydrogens (primary N) is 1. The first kappa shape index (κ1) is 30.8. The van der Waals surface area contributed by atoms with Gasteiger partial charge < -0.3 is 7.16 Å². The molecule has 0 unspecified atom stereocenters. The molecule has 0 aromatic carbocycles. The third-order valence-electron chi connectivity index (χ3n) is 3.96. The van der Waals surface area contributed by atoms with Crippen molar-refractivity contribution in [3.05, 3.63) is 12.7 Å². The number of carbonyl (C=O) groups excluding carboxylic acids is 1. The van der Waals surface area contributed by atoms with Crippen molar-refractivity contribution in [3.8, 4) is 0 Å². The molecule has 3 N–H and O–H groups in total. The molecule has 0 aliphatic carbocycles. The van der Waals surface area contributed by atoms with Gasteiger partial charge in [0.05, 0.1) is 5.75 Å². The van der Waals surface area contributed by atoms with E-state index in [1.165, 1.54) is 70.6 Å². The second-order valence-corrected chi connectivity index (χ2v) is 8.06. The van der Waals surface area contributed by atoms with Crippen LogP contribution in [0.5, 0.6) is 0 Å². The Morgan fingerprint density at radius 2 is 1.15 bits per heavy atom. The Morgan fingerprint density at radius 3 is 1.38 bits per heavy atom. The molecule has 152 valence electrons. The summed E-state index contributed by atoms with van der Waals surface area (Å²) in [5.74, 6) is -0.560. The fourth-order valence-electron chi connectivity index (χ4n) is 2.48. The Morgan fingerprint density at radius 1 is 0.885 bits per heavy atom. The molecular formula is C19H40NNaO4S. The summed E-state index contributed by atoms with van der Waals surface area (Å²) in [5, 5.41) is 0. The van der Waals surface area contributed by atoms with E-state index in [9.17, 15) is 13.2 Å². The molecular weight excluding hydrogens is 361 g/mol. The third-order valence-corrected chi connectivity index (χ3v) is 4.76. The smallest absolute Gasteiger partial charge is 1.00 e. The summed E-state index contributed by atoms with van der Waals surface area (Å²) in [6.07, 6.45) is 18.4. The quantitative estimate of drug-likeness (QED) is 0.179. The second kappa shape index (κ2) is 23.2. The zero-order valence-corrected chi connectivity index (χ0v) is 19.9. The van der Waals surface area contributed by atoms with Gasteiger partial charge in [-0.15, -0.1) is 0 Å². The molecule has 0 atom stereocenters. The molecule has 0 bridgehead atoms. The van der Waals surface area contributed by atoms with Gasteiger partial charge in [0, 0.05) is 0 Å². The maximum Gasteiger partial charge on any atom is 1.00 e. The largest absolute Gasteiger partial charge is 1.00 e. The maximum atomic E-state index is 10.5. The third kappa shape index (κ3) is 35.3. The minimum atomic E-state index is -3.74. The van der Waals surface area contributed by atoms with Crippen molar-refractivity contribution in [1.82, 2.24) is 0 Å². The van der Waals surface area contributed by atoms with Crippen LogP contribution in [0.2, 0.25) is 0 Å². The zero-order valence-electron chi connectivity index (χ0n) is 18.0. The van der Waals surface area contributed by atoms with E-state index in [0.717, 1.165) is 18.9 Å². The number of amides is 1. The average Bonchev–Trinajstić information content (AvgIpc) is 2.54. The number of rotatable bonds is 16. The molecule has 0 saturated carbocycles. The van der Waals surface area contributed by atoms with Crippen molar-refractivity contribution in [2.24, 2.45) is 5.73 Å². The topological polar surface area (TPSA) is 97.5 Å². The number of carbonyl (C=O) groups is 1. The van der Waals surface area contributed by atoms with E-state index in [-0.39, 0.29) is 36.7 Å². The summed E-state index contributed by atoms with van der Waals surface area (Å²) in [6, 6.07) is 0. The van der Waals surface area contributed by atoms with E-state index in [1.54, 1.807) is 0 Å². The van der Waals surface area contributed by atoms with Gasteiger partial charge in [-0.2, -0.15) is 8.42 Å². The zero-order chi connectivity index (χ0) is 19.4. The second-order valence-electron chi connectivity index (χ2n) is 6.49. The van der Waals surface area contributed by atoms with E-state index in [2.05, 4.69) is 19.2 Å². The number of hydrogen-bond donors (Lipinski definition) is 2. The Balaban J connectivity index is -0.000000333. The van der Waals surface area contributed by atoms with Crippen molar-refractivity contribution >= 4 is 16.0 Å². The van der Waals surface area contributed by atoms with E-state index in [0.29, 0.717) is 6.42 Å². The van der Waals surface area contributed by atoms with Gasteiger partial charge in [0.1, 0.15) is 0 Å².